The lowest BCUT2D eigenvalue weighted by Crippen LogP contribution is -2.21. The second kappa shape index (κ2) is 10.6. The fourth-order valence-electron chi connectivity index (χ4n) is 3.52. The van der Waals surface area contributed by atoms with E-state index in [0.717, 1.165) is 55.9 Å². The molecule has 2 unspecified atom stereocenters. The summed E-state index contributed by atoms with van der Waals surface area (Å²) in [6, 6.07) is 0. The first kappa shape index (κ1) is 19.9. The van der Waals surface area contributed by atoms with Gasteiger partial charge in [0.15, 0.2) is 5.78 Å². The summed E-state index contributed by atoms with van der Waals surface area (Å²) in [7, 11) is 0. The van der Waals surface area contributed by atoms with E-state index in [4.69, 9.17) is 10.7 Å². The van der Waals surface area contributed by atoms with E-state index in [1.54, 1.807) is 0 Å². The van der Waals surface area contributed by atoms with E-state index in [0.29, 0.717) is 18.0 Å². The molecule has 1 fully saturated rings. The molecular weight excluding hydrogens is 284 g/mol. The highest BCUT2D eigenvalue weighted by molar-refractivity contribution is 6.08. The largest absolute Gasteiger partial charge is 0.396 e. The molecule has 0 amide bonds. The number of ketones is 1. The number of hydrogen-bond donors (Lipinski definition) is 1. The zero-order valence-electron chi connectivity index (χ0n) is 15.7. The lowest BCUT2D eigenvalue weighted by Gasteiger charge is -2.21. The van der Waals surface area contributed by atoms with Gasteiger partial charge in [-0.05, 0) is 55.9 Å². The van der Waals surface area contributed by atoms with Crippen molar-refractivity contribution in [3.63, 3.8) is 0 Å². The maximum Gasteiger partial charge on any atom is 0.178 e. The van der Waals surface area contributed by atoms with Gasteiger partial charge in [0.1, 0.15) is 0 Å². The molecule has 3 nitrogen and oxygen atoms in total. The monoisotopic (exact) mass is 320 g/mol. The van der Waals surface area contributed by atoms with Crippen LogP contribution in [-0.2, 0) is 4.79 Å². The molecule has 0 bridgehead atoms. The van der Waals surface area contributed by atoms with Gasteiger partial charge in [-0.3, -0.25) is 9.79 Å². The van der Waals surface area contributed by atoms with E-state index in [2.05, 4.69) is 20.8 Å². The number of rotatable bonds is 9. The van der Waals surface area contributed by atoms with Gasteiger partial charge < -0.3 is 5.73 Å². The zero-order valence-corrected chi connectivity index (χ0v) is 15.7. The molecule has 0 spiro atoms. The number of hydrogen-bond acceptors (Lipinski definition) is 3. The number of aliphatic imine (C=N–C) groups is 1. The number of nitrogens with zero attached hydrogens (tertiary/aromatic N) is 1. The van der Waals surface area contributed by atoms with Gasteiger partial charge in [0, 0.05) is 18.7 Å². The first-order valence-electron chi connectivity index (χ1n) is 9.55. The predicted octanol–water partition coefficient (Wildman–Crippen LogP) is 5.05. The molecule has 1 aliphatic carbocycles. The molecule has 0 aromatic carbocycles. The smallest absolute Gasteiger partial charge is 0.178 e. The molecular formula is C20H36N2O. The molecule has 2 N–H and O–H groups in total. The SMILES string of the molecule is CCCC(=O)/C(N)=C1\CCCCC1=NCC(C)CC(C)CCC. The Balaban J connectivity index is 2.73. The molecule has 0 saturated heterocycles. The van der Waals surface area contributed by atoms with Gasteiger partial charge >= 0.3 is 0 Å². The van der Waals surface area contributed by atoms with Crippen LogP contribution in [0.25, 0.3) is 0 Å². The average molecular weight is 321 g/mol. The Morgan fingerprint density at radius 1 is 1.13 bits per heavy atom. The molecule has 132 valence electrons. The maximum absolute atomic E-state index is 12.1. The second-order valence-corrected chi connectivity index (χ2v) is 7.29. The number of allylic oxidation sites excluding steroid dienone is 2. The average Bonchev–Trinajstić information content (AvgIpc) is 2.53. The van der Waals surface area contributed by atoms with E-state index in [1.807, 2.05) is 6.92 Å². The Labute approximate surface area is 142 Å². The third-order valence-corrected chi connectivity index (χ3v) is 4.72. The van der Waals surface area contributed by atoms with Crippen LogP contribution in [0.4, 0.5) is 0 Å². The summed E-state index contributed by atoms with van der Waals surface area (Å²) in [4.78, 5) is 17.0. The molecule has 0 radical (unpaired) electrons. The van der Waals surface area contributed by atoms with Crippen LogP contribution >= 0.6 is 0 Å². The molecule has 3 heteroatoms. The van der Waals surface area contributed by atoms with Gasteiger partial charge in [-0.25, -0.2) is 0 Å². The van der Waals surface area contributed by atoms with Crippen molar-refractivity contribution in [2.24, 2.45) is 22.6 Å². The van der Waals surface area contributed by atoms with Crippen LogP contribution in [0.2, 0.25) is 0 Å². The first-order valence-corrected chi connectivity index (χ1v) is 9.55. The van der Waals surface area contributed by atoms with E-state index < -0.39 is 0 Å². The fraction of sp³-hybridized carbons (Fsp3) is 0.800. The number of nitrogens with two attached hydrogens (primary N) is 1. The Morgan fingerprint density at radius 2 is 1.83 bits per heavy atom. The number of carbonyl (C=O) groups is 1. The van der Waals surface area contributed by atoms with Crippen molar-refractivity contribution in [1.29, 1.82) is 0 Å². The van der Waals surface area contributed by atoms with Crippen LogP contribution in [0.15, 0.2) is 16.3 Å². The summed E-state index contributed by atoms with van der Waals surface area (Å²) in [6.07, 6.45) is 9.37. The standard InChI is InChI=1S/C20H36N2O/c1-5-9-15(3)13-16(4)14-22-18-12-8-7-11-17(18)20(21)19(23)10-6-2/h15-16H,5-14,21H2,1-4H3/b20-17-,22-18?. The van der Waals surface area contributed by atoms with Gasteiger partial charge in [0.25, 0.3) is 0 Å². The van der Waals surface area contributed by atoms with Crippen LogP contribution in [0.1, 0.15) is 85.5 Å². The summed E-state index contributed by atoms with van der Waals surface area (Å²) in [5.74, 6) is 1.47. The van der Waals surface area contributed by atoms with Crippen molar-refractivity contribution in [2.75, 3.05) is 6.54 Å². The highest BCUT2D eigenvalue weighted by Crippen LogP contribution is 2.24. The van der Waals surface area contributed by atoms with Crippen molar-refractivity contribution >= 4 is 11.5 Å². The van der Waals surface area contributed by atoms with Crippen molar-refractivity contribution in [2.45, 2.75) is 85.5 Å². The summed E-state index contributed by atoms with van der Waals surface area (Å²) in [5.41, 5.74) is 8.78. The summed E-state index contributed by atoms with van der Waals surface area (Å²) >= 11 is 0. The molecule has 2 atom stereocenters. The Kier molecular flexibility index (Phi) is 9.20. The molecule has 1 aliphatic rings. The van der Waals surface area contributed by atoms with Crippen molar-refractivity contribution < 1.29 is 4.79 Å². The van der Waals surface area contributed by atoms with Gasteiger partial charge in [0.05, 0.1) is 5.70 Å². The number of Topliss-reactive ketones (excluding diaryl/α,β-unsaturated/α-hetero) is 1. The van der Waals surface area contributed by atoms with Crippen LogP contribution < -0.4 is 5.73 Å². The Morgan fingerprint density at radius 3 is 2.48 bits per heavy atom. The molecule has 0 aromatic heterocycles. The van der Waals surface area contributed by atoms with E-state index >= 15 is 0 Å². The van der Waals surface area contributed by atoms with Gasteiger partial charge in [-0.2, -0.15) is 0 Å². The van der Waals surface area contributed by atoms with Crippen molar-refractivity contribution in [3.05, 3.63) is 11.3 Å². The normalized spacial score (nSPS) is 22.0. The van der Waals surface area contributed by atoms with Crippen molar-refractivity contribution in [1.82, 2.24) is 0 Å². The first-order chi connectivity index (χ1) is 11.0. The van der Waals surface area contributed by atoms with Gasteiger partial charge in [-0.15, -0.1) is 0 Å². The number of carbonyl (C=O) groups excluding carboxylic acids is 1. The van der Waals surface area contributed by atoms with Crippen molar-refractivity contribution in [3.8, 4) is 0 Å². The van der Waals surface area contributed by atoms with Gasteiger partial charge in [-0.1, -0.05) is 40.5 Å². The molecule has 0 heterocycles. The van der Waals surface area contributed by atoms with Crippen LogP contribution in [0.5, 0.6) is 0 Å². The zero-order chi connectivity index (χ0) is 17.2. The second-order valence-electron chi connectivity index (χ2n) is 7.29. The third-order valence-electron chi connectivity index (χ3n) is 4.72. The summed E-state index contributed by atoms with van der Waals surface area (Å²) in [5, 5.41) is 0. The van der Waals surface area contributed by atoms with Crippen LogP contribution in [0, 0.1) is 11.8 Å². The molecule has 1 rings (SSSR count). The van der Waals surface area contributed by atoms with Gasteiger partial charge in [0.2, 0.25) is 0 Å². The highest BCUT2D eigenvalue weighted by Gasteiger charge is 2.20. The minimum Gasteiger partial charge on any atom is -0.396 e. The Bertz CT molecular complexity index is 437. The highest BCUT2D eigenvalue weighted by atomic mass is 16.1. The van der Waals surface area contributed by atoms with E-state index in [1.165, 1.54) is 19.3 Å². The minimum absolute atomic E-state index is 0.0988. The lowest BCUT2D eigenvalue weighted by atomic mass is 9.89. The third kappa shape index (κ3) is 6.88. The van der Waals surface area contributed by atoms with Crippen LogP contribution in [-0.4, -0.2) is 18.0 Å². The quantitative estimate of drug-likeness (QED) is 0.605. The topological polar surface area (TPSA) is 55.5 Å². The predicted molar refractivity (Wildman–Crippen MR) is 99.8 cm³/mol. The lowest BCUT2D eigenvalue weighted by molar-refractivity contribution is -0.115. The molecule has 23 heavy (non-hydrogen) atoms. The molecule has 0 aliphatic heterocycles. The molecule has 0 aromatic rings. The van der Waals surface area contributed by atoms with Crippen LogP contribution in [0.3, 0.4) is 0 Å². The minimum atomic E-state index is 0.0988. The fourth-order valence-corrected chi connectivity index (χ4v) is 3.52. The Hall–Kier alpha value is -1.12. The van der Waals surface area contributed by atoms with E-state index in [9.17, 15) is 4.79 Å². The maximum atomic E-state index is 12.1. The van der Waals surface area contributed by atoms with E-state index in [-0.39, 0.29) is 5.78 Å². The summed E-state index contributed by atoms with van der Waals surface area (Å²) < 4.78 is 0. The molecule has 1 saturated carbocycles. The summed E-state index contributed by atoms with van der Waals surface area (Å²) in [6.45, 7) is 9.75.